The fourth-order valence-electron chi connectivity index (χ4n) is 1.89. The molecule has 2 amide bonds. The van der Waals surface area contributed by atoms with Crippen LogP contribution in [-0.2, 0) is 4.79 Å². The first kappa shape index (κ1) is 17.5. The summed E-state index contributed by atoms with van der Waals surface area (Å²) < 4.78 is 4.84. The normalized spacial score (nSPS) is 10.1. The summed E-state index contributed by atoms with van der Waals surface area (Å²) >= 11 is 3.39. The van der Waals surface area contributed by atoms with Gasteiger partial charge in [-0.3, -0.25) is 4.79 Å². The number of ether oxygens (including phenoxy) is 1. The van der Waals surface area contributed by atoms with E-state index in [9.17, 15) is 9.59 Å². The molecule has 0 aromatic heterocycles. The van der Waals surface area contributed by atoms with E-state index in [1.807, 2.05) is 0 Å². The Morgan fingerprint density at radius 1 is 1.10 bits per heavy atom. The lowest BCUT2D eigenvalue weighted by atomic mass is 10.1. The van der Waals surface area contributed by atoms with Gasteiger partial charge in [0.25, 0.3) is 0 Å². The number of anilines is 1. The molecule has 3 N–H and O–H groups in total. The van der Waals surface area contributed by atoms with Gasteiger partial charge in [-0.15, -0.1) is 0 Å². The zero-order valence-corrected chi connectivity index (χ0v) is 13.5. The molecule has 0 saturated carbocycles. The van der Waals surface area contributed by atoms with Gasteiger partial charge < -0.3 is 15.8 Å². The number of carbonyl (C=O) groups excluding carboxylic acids is 2. The lowest BCUT2D eigenvalue weighted by Gasteiger charge is -2.09. The molecule has 116 valence electrons. The van der Waals surface area contributed by atoms with Crippen molar-refractivity contribution in [2.24, 2.45) is 5.73 Å². The van der Waals surface area contributed by atoms with Crippen LogP contribution in [0.5, 0.6) is 5.75 Å². The minimum atomic E-state index is -0.900. The second-order valence-electron chi connectivity index (χ2n) is 4.67. The number of hydrogen-bond acceptors (Lipinski definition) is 3. The number of nitrogens with two attached hydrogens (primary N) is 1. The molecule has 0 bridgehead atoms. The molecule has 0 radical (unpaired) electrons. The van der Waals surface area contributed by atoms with E-state index in [2.05, 4.69) is 21.2 Å². The van der Waals surface area contributed by atoms with E-state index in [-0.39, 0.29) is 11.7 Å². The maximum atomic E-state index is 11.8. The Hall–Kier alpha value is -1.56. The zero-order valence-electron chi connectivity index (χ0n) is 11.9. The standard InChI is InChI=1S/C15H21BrN2O3/c16-11-7-3-1-2-4-10-14(19)18-12-8-5-6-9-13(12)21-15(17)20/h5-6,8-9H,1-4,7,10-11H2,(H2,17,20)(H,18,19). The van der Waals surface area contributed by atoms with Gasteiger partial charge in [0.15, 0.2) is 5.75 Å². The summed E-state index contributed by atoms with van der Waals surface area (Å²) in [5.41, 5.74) is 5.44. The fourth-order valence-corrected chi connectivity index (χ4v) is 2.29. The predicted octanol–water partition coefficient (Wildman–Crippen LogP) is 3.82. The van der Waals surface area contributed by atoms with Crippen molar-refractivity contribution >= 4 is 33.6 Å². The first-order valence-corrected chi connectivity index (χ1v) is 8.17. The van der Waals surface area contributed by atoms with E-state index in [1.54, 1.807) is 24.3 Å². The van der Waals surface area contributed by atoms with Gasteiger partial charge in [-0.05, 0) is 25.0 Å². The van der Waals surface area contributed by atoms with Crippen LogP contribution < -0.4 is 15.8 Å². The zero-order chi connectivity index (χ0) is 15.5. The molecule has 1 aromatic carbocycles. The number of amides is 2. The van der Waals surface area contributed by atoms with Gasteiger partial charge in [0, 0.05) is 11.8 Å². The first-order valence-electron chi connectivity index (χ1n) is 7.05. The largest absolute Gasteiger partial charge is 0.410 e. The van der Waals surface area contributed by atoms with Crippen molar-refractivity contribution in [3.8, 4) is 5.75 Å². The number of alkyl halides is 1. The Balaban J connectivity index is 2.35. The highest BCUT2D eigenvalue weighted by Gasteiger charge is 2.09. The lowest BCUT2D eigenvalue weighted by molar-refractivity contribution is -0.116. The molecule has 0 spiro atoms. The minimum Gasteiger partial charge on any atom is -0.408 e. The molecule has 0 heterocycles. The van der Waals surface area contributed by atoms with Gasteiger partial charge >= 0.3 is 6.09 Å². The van der Waals surface area contributed by atoms with Crippen LogP contribution in [0.3, 0.4) is 0 Å². The third-order valence-corrected chi connectivity index (χ3v) is 3.47. The third-order valence-electron chi connectivity index (χ3n) is 2.91. The predicted molar refractivity (Wildman–Crippen MR) is 86.8 cm³/mol. The molecular formula is C15H21BrN2O3. The van der Waals surface area contributed by atoms with Crippen molar-refractivity contribution in [3.63, 3.8) is 0 Å². The van der Waals surface area contributed by atoms with E-state index < -0.39 is 6.09 Å². The molecule has 0 unspecified atom stereocenters. The van der Waals surface area contributed by atoms with E-state index in [0.29, 0.717) is 12.1 Å². The summed E-state index contributed by atoms with van der Waals surface area (Å²) in [5, 5.41) is 3.77. The number of nitrogens with one attached hydrogen (secondary N) is 1. The van der Waals surface area contributed by atoms with Gasteiger partial charge in [-0.1, -0.05) is 47.3 Å². The van der Waals surface area contributed by atoms with E-state index in [1.165, 1.54) is 12.8 Å². The number of rotatable bonds is 9. The van der Waals surface area contributed by atoms with Gasteiger partial charge in [0.05, 0.1) is 5.69 Å². The van der Waals surface area contributed by atoms with Gasteiger partial charge in [0.1, 0.15) is 0 Å². The van der Waals surface area contributed by atoms with Crippen LogP contribution in [0.25, 0.3) is 0 Å². The highest BCUT2D eigenvalue weighted by atomic mass is 79.9. The Morgan fingerprint density at radius 2 is 1.76 bits per heavy atom. The van der Waals surface area contributed by atoms with Crippen LogP contribution in [0.2, 0.25) is 0 Å². The van der Waals surface area contributed by atoms with Crippen LogP contribution in [0.4, 0.5) is 10.5 Å². The number of primary amides is 1. The minimum absolute atomic E-state index is 0.0870. The topological polar surface area (TPSA) is 81.4 Å². The van der Waals surface area contributed by atoms with E-state index in [4.69, 9.17) is 10.5 Å². The number of unbranched alkanes of at least 4 members (excludes halogenated alkanes) is 4. The Morgan fingerprint density at radius 3 is 2.48 bits per heavy atom. The summed E-state index contributed by atoms with van der Waals surface area (Å²) in [6.45, 7) is 0. The quantitative estimate of drug-likeness (QED) is 0.521. The van der Waals surface area contributed by atoms with Crippen molar-refractivity contribution in [1.82, 2.24) is 0 Å². The van der Waals surface area contributed by atoms with E-state index >= 15 is 0 Å². The molecule has 0 saturated heterocycles. The van der Waals surface area contributed by atoms with Gasteiger partial charge in [-0.25, -0.2) is 4.79 Å². The molecule has 1 rings (SSSR count). The Bertz CT molecular complexity index is 466. The highest BCUT2D eigenvalue weighted by molar-refractivity contribution is 9.09. The third kappa shape index (κ3) is 7.70. The lowest BCUT2D eigenvalue weighted by Crippen LogP contribution is -2.18. The van der Waals surface area contributed by atoms with Crippen LogP contribution in [-0.4, -0.2) is 17.3 Å². The molecule has 0 fully saturated rings. The monoisotopic (exact) mass is 356 g/mol. The molecule has 0 aliphatic rings. The molecule has 1 aromatic rings. The summed E-state index contributed by atoms with van der Waals surface area (Å²) in [7, 11) is 0. The summed E-state index contributed by atoms with van der Waals surface area (Å²) in [4.78, 5) is 22.6. The number of halogens is 1. The number of hydrogen-bond donors (Lipinski definition) is 2. The number of benzene rings is 1. The van der Waals surface area contributed by atoms with E-state index in [0.717, 1.165) is 24.6 Å². The summed E-state index contributed by atoms with van der Waals surface area (Å²) in [6.07, 6.45) is 4.95. The Labute approximate surface area is 133 Å². The number of para-hydroxylation sites is 2. The molecular weight excluding hydrogens is 336 g/mol. The molecule has 21 heavy (non-hydrogen) atoms. The smallest absolute Gasteiger partial charge is 0.408 e. The summed E-state index contributed by atoms with van der Waals surface area (Å²) in [6, 6.07) is 6.72. The highest BCUT2D eigenvalue weighted by Crippen LogP contribution is 2.24. The Kier molecular flexibility index (Phi) is 8.50. The average molecular weight is 357 g/mol. The summed E-state index contributed by atoms with van der Waals surface area (Å²) in [5.74, 6) is 0.173. The maximum absolute atomic E-state index is 11.8. The van der Waals surface area contributed by atoms with Crippen molar-refractivity contribution in [2.75, 3.05) is 10.6 Å². The van der Waals surface area contributed by atoms with Crippen LogP contribution >= 0.6 is 15.9 Å². The molecule has 0 aliphatic carbocycles. The van der Waals surface area contributed by atoms with Crippen molar-refractivity contribution in [1.29, 1.82) is 0 Å². The second kappa shape index (κ2) is 10.2. The van der Waals surface area contributed by atoms with Gasteiger partial charge in [0.2, 0.25) is 5.91 Å². The van der Waals surface area contributed by atoms with Crippen molar-refractivity contribution < 1.29 is 14.3 Å². The maximum Gasteiger partial charge on any atom is 0.410 e. The molecule has 5 nitrogen and oxygen atoms in total. The molecule has 0 atom stereocenters. The van der Waals surface area contributed by atoms with Crippen LogP contribution in [0.15, 0.2) is 24.3 Å². The SMILES string of the molecule is NC(=O)Oc1ccccc1NC(=O)CCCCCCCBr. The van der Waals surface area contributed by atoms with Gasteiger partial charge in [-0.2, -0.15) is 0 Å². The number of carbonyl (C=O) groups is 2. The van der Waals surface area contributed by atoms with Crippen molar-refractivity contribution in [3.05, 3.63) is 24.3 Å². The first-order chi connectivity index (χ1) is 10.1. The second-order valence-corrected chi connectivity index (χ2v) is 5.47. The fraction of sp³-hybridized carbons (Fsp3) is 0.467. The molecule has 6 heteroatoms. The molecule has 0 aliphatic heterocycles. The van der Waals surface area contributed by atoms with Crippen molar-refractivity contribution in [2.45, 2.75) is 38.5 Å². The van der Waals surface area contributed by atoms with Crippen LogP contribution in [0.1, 0.15) is 38.5 Å². The average Bonchev–Trinajstić information content (AvgIpc) is 2.44. The van der Waals surface area contributed by atoms with Crippen LogP contribution in [0, 0.1) is 0 Å².